The summed E-state index contributed by atoms with van der Waals surface area (Å²) < 4.78 is 6.73. The maximum Gasteiger partial charge on any atom is 0.143 e. The molecular weight excluding hydrogens is 763 g/mol. The third kappa shape index (κ3) is 5.86. The number of anilines is 3. The highest BCUT2D eigenvalue weighted by atomic mass is 16.3. The number of hydrogen-bond donors (Lipinski definition) is 0. The SMILES string of the molecule is CC1(C)c2ccccc2-c2cccc(-c3cccc(N(c4ccccc4-c4cccc5c4oc4ccccc45)c4ccccc4-c4cccc5cccc(-c6ccccc6)c45)c3)c21. The molecule has 0 saturated carbocycles. The third-order valence-electron chi connectivity index (χ3n) is 13.3. The molecule has 12 rings (SSSR count). The van der Waals surface area contributed by atoms with E-state index in [-0.39, 0.29) is 5.41 Å². The molecule has 0 unspecified atom stereocenters. The van der Waals surface area contributed by atoms with Gasteiger partial charge in [0.25, 0.3) is 0 Å². The third-order valence-corrected chi connectivity index (χ3v) is 13.3. The fourth-order valence-corrected chi connectivity index (χ4v) is 10.5. The molecule has 298 valence electrons. The van der Waals surface area contributed by atoms with Gasteiger partial charge in [-0.1, -0.05) is 208 Å². The van der Waals surface area contributed by atoms with Gasteiger partial charge in [0.1, 0.15) is 11.2 Å². The molecular formula is C61H43NO. The van der Waals surface area contributed by atoms with E-state index >= 15 is 0 Å². The van der Waals surface area contributed by atoms with E-state index in [4.69, 9.17) is 4.42 Å². The van der Waals surface area contributed by atoms with Gasteiger partial charge in [-0.05, 0) is 91.2 Å². The van der Waals surface area contributed by atoms with Crippen molar-refractivity contribution in [3.8, 4) is 55.6 Å². The Morgan fingerprint density at radius 3 is 1.73 bits per heavy atom. The highest BCUT2D eigenvalue weighted by molar-refractivity contribution is 6.12. The van der Waals surface area contributed by atoms with Gasteiger partial charge in [-0.3, -0.25) is 0 Å². The summed E-state index contributed by atoms with van der Waals surface area (Å²) in [5.74, 6) is 0. The van der Waals surface area contributed by atoms with Crippen LogP contribution in [0, 0.1) is 0 Å². The zero-order valence-corrected chi connectivity index (χ0v) is 35.2. The topological polar surface area (TPSA) is 16.4 Å². The molecule has 0 aliphatic heterocycles. The van der Waals surface area contributed by atoms with E-state index in [9.17, 15) is 0 Å². The lowest BCUT2D eigenvalue weighted by Crippen LogP contribution is -2.16. The van der Waals surface area contributed by atoms with E-state index in [2.05, 4.69) is 237 Å². The Labute approximate surface area is 368 Å². The van der Waals surface area contributed by atoms with Crippen LogP contribution >= 0.6 is 0 Å². The quantitative estimate of drug-likeness (QED) is 0.160. The van der Waals surface area contributed by atoms with Crippen molar-refractivity contribution < 1.29 is 4.42 Å². The molecule has 0 amide bonds. The van der Waals surface area contributed by atoms with Crippen molar-refractivity contribution in [1.29, 1.82) is 0 Å². The molecule has 0 spiro atoms. The van der Waals surface area contributed by atoms with Crippen LogP contribution in [0.1, 0.15) is 25.0 Å². The van der Waals surface area contributed by atoms with Crippen molar-refractivity contribution >= 4 is 49.8 Å². The van der Waals surface area contributed by atoms with E-state index in [0.717, 1.165) is 55.7 Å². The lowest BCUT2D eigenvalue weighted by molar-refractivity contribution is 0.662. The summed E-state index contributed by atoms with van der Waals surface area (Å²) in [4.78, 5) is 2.47. The molecule has 2 nitrogen and oxygen atoms in total. The average Bonchev–Trinajstić information content (AvgIpc) is 3.84. The van der Waals surface area contributed by atoms with Gasteiger partial charge in [-0.2, -0.15) is 0 Å². The van der Waals surface area contributed by atoms with Crippen molar-refractivity contribution in [3.05, 3.63) is 236 Å². The van der Waals surface area contributed by atoms with Crippen molar-refractivity contribution in [2.24, 2.45) is 0 Å². The molecule has 0 atom stereocenters. The van der Waals surface area contributed by atoms with Gasteiger partial charge in [-0.15, -0.1) is 0 Å². The first-order valence-corrected chi connectivity index (χ1v) is 21.8. The monoisotopic (exact) mass is 805 g/mol. The summed E-state index contributed by atoms with van der Waals surface area (Å²) in [7, 11) is 0. The molecule has 1 aromatic heterocycles. The molecule has 0 bridgehead atoms. The van der Waals surface area contributed by atoms with Crippen molar-refractivity contribution in [3.63, 3.8) is 0 Å². The second-order valence-electron chi connectivity index (χ2n) is 17.2. The molecule has 63 heavy (non-hydrogen) atoms. The fourth-order valence-electron chi connectivity index (χ4n) is 10.5. The van der Waals surface area contributed by atoms with E-state index in [1.807, 2.05) is 6.07 Å². The van der Waals surface area contributed by atoms with Gasteiger partial charge in [0.2, 0.25) is 0 Å². The Morgan fingerprint density at radius 2 is 0.921 bits per heavy atom. The van der Waals surface area contributed by atoms with Gasteiger partial charge in [0.15, 0.2) is 0 Å². The summed E-state index contributed by atoms with van der Waals surface area (Å²) in [6.07, 6.45) is 0. The number of rotatable bonds is 7. The lowest BCUT2D eigenvalue weighted by atomic mass is 9.79. The molecule has 1 aliphatic rings. The number of fused-ring (bicyclic) bond motifs is 7. The summed E-state index contributed by atoms with van der Waals surface area (Å²) in [5.41, 5.74) is 19.5. The van der Waals surface area contributed by atoms with Crippen LogP contribution in [-0.4, -0.2) is 0 Å². The number of hydrogen-bond acceptors (Lipinski definition) is 2. The Kier molecular flexibility index (Phi) is 8.55. The zero-order valence-electron chi connectivity index (χ0n) is 35.2. The molecule has 1 heterocycles. The van der Waals surface area contributed by atoms with Crippen molar-refractivity contribution in [2.45, 2.75) is 19.3 Å². The van der Waals surface area contributed by atoms with Crippen LogP contribution in [0.5, 0.6) is 0 Å². The number of furan rings is 1. The first-order valence-electron chi connectivity index (χ1n) is 21.8. The minimum absolute atomic E-state index is 0.159. The smallest absolute Gasteiger partial charge is 0.143 e. The van der Waals surface area contributed by atoms with E-state index < -0.39 is 0 Å². The largest absolute Gasteiger partial charge is 0.455 e. The van der Waals surface area contributed by atoms with Crippen LogP contribution in [0.2, 0.25) is 0 Å². The predicted octanol–water partition coefficient (Wildman–Crippen LogP) is 17.2. The van der Waals surface area contributed by atoms with E-state index in [1.54, 1.807) is 0 Å². The van der Waals surface area contributed by atoms with Crippen LogP contribution < -0.4 is 4.90 Å². The Hall–Kier alpha value is -7.94. The normalized spacial score (nSPS) is 12.7. The number of nitrogens with zero attached hydrogens (tertiary/aromatic N) is 1. The van der Waals surface area contributed by atoms with Crippen molar-refractivity contribution in [2.75, 3.05) is 4.90 Å². The molecule has 0 fully saturated rings. The minimum atomic E-state index is -0.159. The number of benzene rings is 10. The molecule has 0 saturated heterocycles. The summed E-state index contributed by atoms with van der Waals surface area (Å²) in [6, 6.07) is 81.6. The van der Waals surface area contributed by atoms with Crippen LogP contribution in [0.25, 0.3) is 88.3 Å². The first-order chi connectivity index (χ1) is 31.0. The Bertz CT molecular complexity index is 3550. The van der Waals surface area contributed by atoms with Gasteiger partial charge in [-0.25, -0.2) is 0 Å². The predicted molar refractivity (Wildman–Crippen MR) is 265 cm³/mol. The summed E-state index contributed by atoms with van der Waals surface area (Å²) in [5, 5.41) is 4.66. The van der Waals surface area contributed by atoms with Crippen LogP contribution in [-0.2, 0) is 5.41 Å². The molecule has 0 radical (unpaired) electrons. The van der Waals surface area contributed by atoms with Crippen molar-refractivity contribution in [1.82, 2.24) is 0 Å². The molecule has 10 aromatic carbocycles. The van der Waals surface area contributed by atoms with Gasteiger partial charge in [0, 0.05) is 38.6 Å². The zero-order chi connectivity index (χ0) is 42.1. The van der Waals surface area contributed by atoms with Gasteiger partial charge < -0.3 is 9.32 Å². The van der Waals surface area contributed by atoms with Crippen LogP contribution in [0.3, 0.4) is 0 Å². The lowest BCUT2D eigenvalue weighted by Gasteiger charge is -2.31. The first kappa shape index (κ1) is 36.9. The standard InChI is InChI=1S/C61H43NO/c1-61(2)54-35-10-6-25-46(54)51-32-17-30-45(59(51)61)42-23-14-24-43(39-42)62(56-37-12-8-27-48(56)52-33-18-34-53-49-28-9-13-38-57(49)63-60(52)53)55-36-11-7-26-47(55)50-31-16-22-41-21-15-29-44(58(41)50)40-19-4-3-5-20-40/h3-39H,1-2H3. The summed E-state index contributed by atoms with van der Waals surface area (Å²) in [6.45, 7) is 4.74. The number of para-hydroxylation sites is 4. The maximum absolute atomic E-state index is 6.73. The molecule has 1 aliphatic carbocycles. The highest BCUT2D eigenvalue weighted by Crippen LogP contribution is 2.53. The van der Waals surface area contributed by atoms with Crippen LogP contribution in [0.15, 0.2) is 229 Å². The van der Waals surface area contributed by atoms with Crippen LogP contribution in [0.4, 0.5) is 17.1 Å². The molecule has 2 heteroatoms. The van der Waals surface area contributed by atoms with E-state index in [0.29, 0.717) is 0 Å². The van der Waals surface area contributed by atoms with E-state index in [1.165, 1.54) is 60.8 Å². The molecule has 11 aromatic rings. The second-order valence-corrected chi connectivity index (χ2v) is 17.2. The van der Waals surface area contributed by atoms with Gasteiger partial charge in [0.05, 0.1) is 11.4 Å². The Morgan fingerprint density at radius 1 is 0.381 bits per heavy atom. The maximum atomic E-state index is 6.73. The summed E-state index contributed by atoms with van der Waals surface area (Å²) >= 11 is 0. The second kappa shape index (κ2) is 14.6. The average molecular weight is 806 g/mol. The Balaban J connectivity index is 1.12. The highest BCUT2D eigenvalue weighted by Gasteiger charge is 2.37. The fraction of sp³-hybridized carbons (Fsp3) is 0.0492. The van der Waals surface area contributed by atoms with Gasteiger partial charge >= 0.3 is 0 Å². The minimum Gasteiger partial charge on any atom is -0.455 e. The molecule has 0 N–H and O–H groups in total.